The van der Waals surface area contributed by atoms with Gasteiger partial charge in [-0.2, -0.15) is 0 Å². The average Bonchev–Trinajstić information content (AvgIpc) is 2.17. The van der Waals surface area contributed by atoms with Gasteiger partial charge in [0, 0.05) is 0 Å². The van der Waals surface area contributed by atoms with Gasteiger partial charge in [-0.15, -0.1) is 0 Å². The number of rotatable bonds is 1. The molecule has 6 heteroatoms. The molecule has 1 aliphatic rings. The van der Waals surface area contributed by atoms with Crippen molar-refractivity contribution in [2.45, 2.75) is 24.2 Å². The Hall–Kier alpha value is -0.240. The van der Waals surface area contributed by atoms with Crippen molar-refractivity contribution in [2.24, 2.45) is 0 Å². The Morgan fingerprint density at radius 3 is 2.00 bits per heavy atom. The van der Waals surface area contributed by atoms with E-state index in [1.807, 2.05) is 5.32 Å². The number of aliphatic hydroxyl groups excluding tert-OH is 4. The van der Waals surface area contributed by atoms with Crippen LogP contribution in [0.5, 0.6) is 0 Å². The summed E-state index contributed by atoms with van der Waals surface area (Å²) in [6.07, 6.45) is -4.48. The first-order valence-corrected chi connectivity index (χ1v) is 3.16. The Morgan fingerprint density at radius 2 is 1.82 bits per heavy atom. The Labute approximate surface area is 62.7 Å². The van der Waals surface area contributed by atoms with Gasteiger partial charge in [-0.05, 0) is 0 Å². The largest absolute Gasteiger partial charge is 0.392 e. The molecule has 6 nitrogen and oxygen atoms in total. The normalized spacial score (nSPS) is 51.5. The van der Waals surface area contributed by atoms with E-state index in [4.69, 9.17) is 20.4 Å². The third-order valence-corrected chi connectivity index (χ3v) is 1.78. The van der Waals surface area contributed by atoms with E-state index in [1.165, 1.54) is 0 Å². The number of hydrogen-bond donors (Lipinski definition) is 6. The molecular weight excluding hydrogens is 154 g/mol. The molecule has 0 aromatic carbocycles. The quantitative estimate of drug-likeness (QED) is 0.238. The molecule has 0 bridgehead atoms. The summed E-state index contributed by atoms with van der Waals surface area (Å²) in [7, 11) is 0. The summed E-state index contributed by atoms with van der Waals surface area (Å²) >= 11 is 0. The van der Waals surface area contributed by atoms with Gasteiger partial charge in [-0.25, -0.2) is 0 Å². The van der Waals surface area contributed by atoms with E-state index in [0.29, 0.717) is 0 Å². The Kier molecular flexibility index (Phi) is 2.15. The van der Waals surface area contributed by atoms with Crippen molar-refractivity contribution in [3.8, 4) is 0 Å². The van der Waals surface area contributed by atoms with Crippen LogP contribution in [0.25, 0.3) is 0 Å². The fourth-order valence-corrected chi connectivity index (χ4v) is 1.02. The van der Waals surface area contributed by atoms with Crippen LogP contribution in [0.15, 0.2) is 0 Å². The molecule has 0 saturated carbocycles. The molecule has 4 atom stereocenters. The second-order valence-corrected chi connectivity index (χ2v) is 2.61. The molecule has 0 aromatic heterocycles. The van der Waals surface area contributed by atoms with Gasteiger partial charge in [0.1, 0.15) is 18.4 Å². The minimum Gasteiger partial charge on any atom is -0.392 e. The van der Waals surface area contributed by atoms with Crippen molar-refractivity contribution in [1.82, 2.24) is 5.32 Å². The summed E-state index contributed by atoms with van der Waals surface area (Å²) in [5.74, 6) is 0. The molecule has 0 aliphatic carbocycles. The van der Waals surface area contributed by atoms with Crippen LogP contribution in [-0.2, 0) is 0 Å². The molecular formula is C5H11NO5. The molecule has 0 spiro atoms. The maximum absolute atomic E-state index is 9.18. The molecule has 1 aliphatic heterocycles. The fourth-order valence-electron chi connectivity index (χ4n) is 1.02. The SMILES string of the molecule is OC[C@]1(O)NC(O)[C@@H](O)[C@@H]1O. The van der Waals surface area contributed by atoms with E-state index in [9.17, 15) is 5.11 Å². The third-order valence-electron chi connectivity index (χ3n) is 1.78. The zero-order chi connectivity index (χ0) is 8.65. The number of hydrogen-bond acceptors (Lipinski definition) is 6. The molecule has 1 unspecified atom stereocenters. The Balaban J connectivity index is 2.73. The summed E-state index contributed by atoms with van der Waals surface area (Å²) in [6, 6.07) is 0. The smallest absolute Gasteiger partial charge is 0.170 e. The van der Waals surface area contributed by atoms with Gasteiger partial charge in [-0.1, -0.05) is 0 Å². The number of nitrogens with one attached hydrogen (secondary N) is 1. The summed E-state index contributed by atoms with van der Waals surface area (Å²) < 4.78 is 0. The van der Waals surface area contributed by atoms with Crippen LogP contribution in [0, 0.1) is 0 Å². The molecule has 0 amide bonds. The molecule has 1 saturated heterocycles. The van der Waals surface area contributed by atoms with Gasteiger partial charge < -0.3 is 25.5 Å². The first-order valence-electron chi connectivity index (χ1n) is 3.16. The molecule has 11 heavy (non-hydrogen) atoms. The topological polar surface area (TPSA) is 113 Å². The minimum atomic E-state index is -2.00. The highest BCUT2D eigenvalue weighted by Crippen LogP contribution is 2.20. The van der Waals surface area contributed by atoms with Crippen LogP contribution in [0.2, 0.25) is 0 Å². The molecule has 6 N–H and O–H groups in total. The lowest BCUT2D eigenvalue weighted by atomic mass is 10.1. The van der Waals surface area contributed by atoms with Gasteiger partial charge in [0.25, 0.3) is 0 Å². The van der Waals surface area contributed by atoms with E-state index in [1.54, 1.807) is 0 Å². The van der Waals surface area contributed by atoms with Gasteiger partial charge in [0.05, 0.1) is 6.61 Å². The zero-order valence-electron chi connectivity index (χ0n) is 5.68. The van der Waals surface area contributed by atoms with Crippen molar-refractivity contribution in [1.29, 1.82) is 0 Å². The summed E-state index contributed by atoms with van der Waals surface area (Å²) in [4.78, 5) is 0. The second kappa shape index (κ2) is 2.67. The monoisotopic (exact) mass is 165 g/mol. The summed E-state index contributed by atoms with van der Waals surface area (Å²) in [5.41, 5.74) is -2.00. The van der Waals surface area contributed by atoms with Gasteiger partial charge in [0.15, 0.2) is 5.72 Å². The zero-order valence-corrected chi connectivity index (χ0v) is 5.68. The lowest BCUT2D eigenvalue weighted by Gasteiger charge is -2.23. The lowest BCUT2D eigenvalue weighted by molar-refractivity contribution is -0.121. The minimum absolute atomic E-state index is 0.776. The van der Waals surface area contributed by atoms with Gasteiger partial charge in [-0.3, -0.25) is 5.32 Å². The van der Waals surface area contributed by atoms with Gasteiger partial charge >= 0.3 is 0 Å². The third kappa shape index (κ3) is 1.24. The highest BCUT2D eigenvalue weighted by Gasteiger charge is 2.50. The van der Waals surface area contributed by atoms with Crippen molar-refractivity contribution in [2.75, 3.05) is 6.61 Å². The first kappa shape index (κ1) is 8.85. The van der Waals surface area contributed by atoms with Crippen LogP contribution in [0.4, 0.5) is 0 Å². The fraction of sp³-hybridized carbons (Fsp3) is 1.00. The van der Waals surface area contributed by atoms with E-state index >= 15 is 0 Å². The maximum atomic E-state index is 9.18. The average molecular weight is 165 g/mol. The van der Waals surface area contributed by atoms with Gasteiger partial charge in [0.2, 0.25) is 0 Å². The highest BCUT2D eigenvalue weighted by atomic mass is 16.4. The molecule has 0 radical (unpaired) electrons. The van der Waals surface area contributed by atoms with Crippen LogP contribution in [-0.4, -0.2) is 56.3 Å². The van der Waals surface area contributed by atoms with Crippen LogP contribution >= 0.6 is 0 Å². The summed E-state index contributed by atoms with van der Waals surface area (Å²) in [5, 5.41) is 46.5. The Bertz CT molecular complexity index is 154. The molecule has 1 fully saturated rings. The summed E-state index contributed by atoms with van der Waals surface area (Å²) in [6.45, 7) is -0.776. The predicted molar refractivity (Wildman–Crippen MR) is 33.2 cm³/mol. The predicted octanol–water partition coefficient (Wildman–Crippen LogP) is -3.69. The molecule has 66 valence electrons. The number of aliphatic hydroxyl groups is 5. The van der Waals surface area contributed by atoms with Crippen molar-refractivity contribution >= 4 is 0 Å². The lowest BCUT2D eigenvalue weighted by Crippen LogP contribution is -2.52. The Morgan fingerprint density at radius 1 is 1.27 bits per heavy atom. The first-order chi connectivity index (χ1) is 5.01. The molecule has 1 rings (SSSR count). The van der Waals surface area contributed by atoms with Crippen molar-refractivity contribution in [3.05, 3.63) is 0 Å². The van der Waals surface area contributed by atoms with E-state index in [-0.39, 0.29) is 0 Å². The van der Waals surface area contributed by atoms with E-state index in [2.05, 4.69) is 0 Å². The van der Waals surface area contributed by atoms with Crippen molar-refractivity contribution in [3.63, 3.8) is 0 Å². The second-order valence-electron chi connectivity index (χ2n) is 2.61. The van der Waals surface area contributed by atoms with Crippen LogP contribution < -0.4 is 5.32 Å². The molecule has 0 aromatic rings. The van der Waals surface area contributed by atoms with E-state index < -0.39 is 30.8 Å². The molecule has 1 heterocycles. The standard InChI is InChI=1S/C5H11NO5/c7-1-5(11)3(9)2(8)4(10)6-5/h2-4,6-11H,1H2/t2-,3-,4?,5+/m0/s1. The maximum Gasteiger partial charge on any atom is 0.170 e. The highest BCUT2D eigenvalue weighted by molar-refractivity contribution is 4.98. The van der Waals surface area contributed by atoms with Crippen LogP contribution in [0.1, 0.15) is 0 Å². The van der Waals surface area contributed by atoms with Crippen LogP contribution in [0.3, 0.4) is 0 Å². The van der Waals surface area contributed by atoms with E-state index in [0.717, 1.165) is 0 Å². The van der Waals surface area contributed by atoms with Crippen molar-refractivity contribution < 1.29 is 25.5 Å².